The lowest BCUT2D eigenvalue weighted by Gasteiger charge is -2.15. The standard InChI is InChI=1S/C13H21N7O/c1-9-7-11(3)20(16-9)8-10(2)14-13(21)5-6-19-12(4)15-17-18-19/h7,10H,5-6,8H2,1-4H3,(H,14,21)/t10-/m0/s1. The first-order valence-corrected chi connectivity index (χ1v) is 6.99. The van der Waals surface area contributed by atoms with Gasteiger partial charge in [-0.3, -0.25) is 9.48 Å². The van der Waals surface area contributed by atoms with Gasteiger partial charge < -0.3 is 5.32 Å². The fraction of sp³-hybridized carbons (Fsp3) is 0.615. The number of aryl methyl sites for hydroxylation is 4. The van der Waals surface area contributed by atoms with Crippen LogP contribution in [0.15, 0.2) is 6.07 Å². The van der Waals surface area contributed by atoms with Crippen LogP contribution in [0.4, 0.5) is 0 Å². The van der Waals surface area contributed by atoms with Crippen LogP contribution in [0.3, 0.4) is 0 Å². The topological polar surface area (TPSA) is 90.5 Å². The Labute approximate surface area is 123 Å². The molecule has 8 nitrogen and oxygen atoms in total. The number of tetrazole rings is 1. The molecule has 1 N–H and O–H groups in total. The highest BCUT2D eigenvalue weighted by Crippen LogP contribution is 2.03. The first kappa shape index (κ1) is 15.1. The van der Waals surface area contributed by atoms with Gasteiger partial charge in [0.1, 0.15) is 5.82 Å². The fourth-order valence-corrected chi connectivity index (χ4v) is 2.18. The van der Waals surface area contributed by atoms with E-state index < -0.39 is 0 Å². The molecule has 1 amide bonds. The van der Waals surface area contributed by atoms with E-state index >= 15 is 0 Å². The zero-order valence-electron chi connectivity index (χ0n) is 12.9. The van der Waals surface area contributed by atoms with Crippen LogP contribution in [-0.4, -0.2) is 41.9 Å². The molecule has 0 aliphatic heterocycles. The van der Waals surface area contributed by atoms with Crippen LogP contribution in [0.25, 0.3) is 0 Å². The molecule has 2 rings (SSSR count). The van der Waals surface area contributed by atoms with Gasteiger partial charge in [-0.25, -0.2) is 4.68 Å². The molecule has 0 saturated carbocycles. The van der Waals surface area contributed by atoms with E-state index in [0.717, 1.165) is 11.4 Å². The SMILES string of the molecule is Cc1cc(C)n(C[C@H](C)NC(=O)CCn2nnnc2C)n1. The van der Waals surface area contributed by atoms with Crippen molar-refractivity contribution in [1.82, 2.24) is 35.3 Å². The van der Waals surface area contributed by atoms with Gasteiger partial charge in [0.15, 0.2) is 0 Å². The number of hydrogen-bond acceptors (Lipinski definition) is 5. The third kappa shape index (κ3) is 4.11. The predicted octanol–water partition coefficient (Wildman–Crippen LogP) is 0.390. The van der Waals surface area contributed by atoms with Crippen LogP contribution in [0.1, 0.15) is 30.6 Å². The molecule has 0 aromatic carbocycles. The van der Waals surface area contributed by atoms with E-state index in [1.807, 2.05) is 38.4 Å². The summed E-state index contributed by atoms with van der Waals surface area (Å²) in [5, 5.41) is 18.5. The van der Waals surface area contributed by atoms with Gasteiger partial charge in [0.2, 0.25) is 5.91 Å². The maximum Gasteiger partial charge on any atom is 0.222 e. The number of hydrogen-bond donors (Lipinski definition) is 1. The van der Waals surface area contributed by atoms with Gasteiger partial charge in [-0.15, -0.1) is 5.10 Å². The highest BCUT2D eigenvalue weighted by atomic mass is 16.1. The number of nitrogens with one attached hydrogen (secondary N) is 1. The highest BCUT2D eigenvalue weighted by molar-refractivity contribution is 5.76. The van der Waals surface area contributed by atoms with Crippen molar-refractivity contribution in [3.05, 3.63) is 23.3 Å². The molecule has 0 saturated heterocycles. The lowest BCUT2D eigenvalue weighted by atomic mass is 10.3. The van der Waals surface area contributed by atoms with Gasteiger partial charge in [-0.2, -0.15) is 5.10 Å². The van der Waals surface area contributed by atoms with Crippen LogP contribution < -0.4 is 5.32 Å². The third-order valence-corrected chi connectivity index (χ3v) is 3.22. The van der Waals surface area contributed by atoms with Crippen LogP contribution in [0, 0.1) is 20.8 Å². The number of amides is 1. The van der Waals surface area contributed by atoms with Crippen LogP contribution in [0.5, 0.6) is 0 Å². The second-order valence-corrected chi connectivity index (χ2v) is 5.28. The molecular weight excluding hydrogens is 270 g/mol. The van der Waals surface area contributed by atoms with Crippen molar-refractivity contribution in [3.8, 4) is 0 Å². The summed E-state index contributed by atoms with van der Waals surface area (Å²) in [5.41, 5.74) is 2.08. The second kappa shape index (κ2) is 6.47. The number of carbonyl (C=O) groups excluding carboxylic acids is 1. The van der Waals surface area contributed by atoms with Gasteiger partial charge in [-0.05, 0) is 44.2 Å². The Balaban J connectivity index is 1.79. The minimum atomic E-state index is -0.0149. The molecule has 1 atom stereocenters. The largest absolute Gasteiger partial charge is 0.352 e. The average Bonchev–Trinajstić information content (AvgIpc) is 2.93. The van der Waals surface area contributed by atoms with Crippen molar-refractivity contribution in [2.24, 2.45) is 0 Å². The van der Waals surface area contributed by atoms with E-state index in [4.69, 9.17) is 0 Å². The summed E-state index contributed by atoms with van der Waals surface area (Å²) >= 11 is 0. The quantitative estimate of drug-likeness (QED) is 0.831. The molecule has 114 valence electrons. The van der Waals surface area contributed by atoms with Crippen LogP contribution in [0.2, 0.25) is 0 Å². The third-order valence-electron chi connectivity index (χ3n) is 3.22. The van der Waals surface area contributed by atoms with Crippen LogP contribution >= 0.6 is 0 Å². The lowest BCUT2D eigenvalue weighted by Crippen LogP contribution is -2.36. The Bertz CT molecular complexity index is 616. The molecule has 0 unspecified atom stereocenters. The summed E-state index contributed by atoms with van der Waals surface area (Å²) in [6, 6.07) is 2.04. The molecule has 0 bridgehead atoms. The van der Waals surface area contributed by atoms with Crippen molar-refractivity contribution in [3.63, 3.8) is 0 Å². The molecular formula is C13H21N7O. The number of aromatic nitrogens is 6. The summed E-state index contributed by atoms with van der Waals surface area (Å²) in [6.07, 6.45) is 0.355. The molecule has 0 spiro atoms. The van der Waals surface area contributed by atoms with E-state index in [1.165, 1.54) is 0 Å². The monoisotopic (exact) mass is 291 g/mol. The van der Waals surface area contributed by atoms with Crippen molar-refractivity contribution in [2.45, 2.75) is 53.2 Å². The summed E-state index contributed by atoms with van der Waals surface area (Å²) in [7, 11) is 0. The molecule has 21 heavy (non-hydrogen) atoms. The number of nitrogens with zero attached hydrogens (tertiary/aromatic N) is 6. The molecule has 2 aromatic heterocycles. The minimum Gasteiger partial charge on any atom is -0.352 e. The maximum absolute atomic E-state index is 11.9. The summed E-state index contributed by atoms with van der Waals surface area (Å²) in [5.74, 6) is 0.692. The summed E-state index contributed by atoms with van der Waals surface area (Å²) < 4.78 is 3.52. The van der Waals surface area contributed by atoms with Crippen molar-refractivity contribution in [2.75, 3.05) is 0 Å². The Morgan fingerprint density at radius 3 is 2.67 bits per heavy atom. The fourth-order valence-electron chi connectivity index (χ4n) is 2.18. The Morgan fingerprint density at radius 2 is 2.10 bits per heavy atom. The van der Waals surface area contributed by atoms with Gasteiger partial charge in [0.05, 0.1) is 18.8 Å². The van der Waals surface area contributed by atoms with Crippen molar-refractivity contribution < 1.29 is 4.79 Å². The molecule has 2 heterocycles. The highest BCUT2D eigenvalue weighted by Gasteiger charge is 2.11. The molecule has 2 aromatic rings. The molecule has 0 aliphatic rings. The van der Waals surface area contributed by atoms with Gasteiger partial charge in [0.25, 0.3) is 0 Å². The Morgan fingerprint density at radius 1 is 1.33 bits per heavy atom. The van der Waals surface area contributed by atoms with E-state index in [1.54, 1.807) is 4.68 Å². The number of carbonyl (C=O) groups is 1. The molecule has 8 heteroatoms. The normalized spacial score (nSPS) is 12.4. The van der Waals surface area contributed by atoms with E-state index in [2.05, 4.69) is 25.9 Å². The van der Waals surface area contributed by atoms with Gasteiger partial charge in [0, 0.05) is 18.2 Å². The van der Waals surface area contributed by atoms with Gasteiger partial charge >= 0.3 is 0 Å². The average molecular weight is 291 g/mol. The van der Waals surface area contributed by atoms with Crippen molar-refractivity contribution >= 4 is 5.91 Å². The number of rotatable bonds is 6. The Hall–Kier alpha value is -2.25. The first-order valence-electron chi connectivity index (χ1n) is 6.99. The smallest absolute Gasteiger partial charge is 0.222 e. The molecule has 0 fully saturated rings. The first-order chi connectivity index (χ1) is 9.95. The summed E-state index contributed by atoms with van der Waals surface area (Å²) in [4.78, 5) is 11.9. The van der Waals surface area contributed by atoms with Crippen molar-refractivity contribution in [1.29, 1.82) is 0 Å². The zero-order valence-corrected chi connectivity index (χ0v) is 12.9. The van der Waals surface area contributed by atoms with E-state index in [9.17, 15) is 4.79 Å². The minimum absolute atomic E-state index is 0.0149. The van der Waals surface area contributed by atoms with Gasteiger partial charge in [-0.1, -0.05) is 0 Å². The Kier molecular flexibility index (Phi) is 4.66. The van der Waals surface area contributed by atoms with E-state index in [-0.39, 0.29) is 11.9 Å². The second-order valence-electron chi connectivity index (χ2n) is 5.28. The predicted molar refractivity (Wildman–Crippen MR) is 76.5 cm³/mol. The zero-order chi connectivity index (χ0) is 15.4. The van der Waals surface area contributed by atoms with Crippen LogP contribution in [-0.2, 0) is 17.9 Å². The van der Waals surface area contributed by atoms with E-state index in [0.29, 0.717) is 25.3 Å². The maximum atomic E-state index is 11.9. The molecule has 0 radical (unpaired) electrons. The lowest BCUT2D eigenvalue weighted by molar-refractivity contribution is -0.122. The molecule has 0 aliphatic carbocycles. The summed E-state index contributed by atoms with van der Waals surface area (Å²) in [6.45, 7) is 8.89.